The van der Waals surface area contributed by atoms with E-state index in [1.54, 1.807) is 0 Å². The Labute approximate surface area is 154 Å². The van der Waals surface area contributed by atoms with Gasteiger partial charge in [0.2, 0.25) is 0 Å². The number of hydrogen-bond donors (Lipinski definition) is 2. The maximum atomic E-state index is 14.9. The lowest BCUT2D eigenvalue weighted by molar-refractivity contribution is 0.161. The largest absolute Gasteiger partial charge is 0.465 e. The van der Waals surface area contributed by atoms with Crippen LogP contribution < -0.4 is 5.32 Å². The van der Waals surface area contributed by atoms with Gasteiger partial charge < -0.3 is 10.4 Å². The number of rotatable bonds is 4. The Morgan fingerprint density at radius 2 is 1.96 bits per heavy atom. The highest BCUT2D eigenvalue weighted by atomic mass is 19.1. The molecule has 3 nitrogen and oxygen atoms in total. The van der Waals surface area contributed by atoms with Crippen molar-refractivity contribution < 1.29 is 14.3 Å². The van der Waals surface area contributed by atoms with Crippen LogP contribution in [0.15, 0.2) is 36.4 Å². The van der Waals surface area contributed by atoms with Gasteiger partial charge in [-0.3, -0.25) is 0 Å². The first-order valence-corrected chi connectivity index (χ1v) is 9.23. The molecule has 0 heterocycles. The molecule has 4 heteroatoms. The Morgan fingerprint density at radius 3 is 2.58 bits per heavy atom. The van der Waals surface area contributed by atoms with E-state index >= 15 is 0 Å². The zero-order valence-electron chi connectivity index (χ0n) is 15.6. The third-order valence-electron chi connectivity index (χ3n) is 5.43. The van der Waals surface area contributed by atoms with Crippen molar-refractivity contribution in [1.29, 1.82) is 0 Å². The number of fused-ring (bicyclic) bond motifs is 1. The summed E-state index contributed by atoms with van der Waals surface area (Å²) in [5.74, 6) is -0.304. The molecular weight excluding hydrogens is 329 g/mol. The molecule has 0 saturated carbocycles. The summed E-state index contributed by atoms with van der Waals surface area (Å²) in [5, 5.41) is 11.8. The monoisotopic (exact) mass is 355 g/mol. The van der Waals surface area contributed by atoms with Gasteiger partial charge in [0.1, 0.15) is 5.82 Å². The summed E-state index contributed by atoms with van der Waals surface area (Å²) in [5.41, 5.74) is 4.23. The van der Waals surface area contributed by atoms with Crippen molar-refractivity contribution in [3.05, 3.63) is 58.9 Å². The molecule has 0 aromatic heterocycles. The predicted molar refractivity (Wildman–Crippen MR) is 102 cm³/mol. The van der Waals surface area contributed by atoms with Crippen LogP contribution in [0.1, 0.15) is 56.3 Å². The van der Waals surface area contributed by atoms with Crippen molar-refractivity contribution in [2.24, 2.45) is 5.41 Å². The lowest BCUT2D eigenvalue weighted by Gasteiger charge is -2.40. The summed E-state index contributed by atoms with van der Waals surface area (Å²) < 4.78 is 14.9. The normalized spacial score (nSPS) is 18.2. The van der Waals surface area contributed by atoms with E-state index in [1.165, 1.54) is 11.6 Å². The van der Waals surface area contributed by atoms with Crippen molar-refractivity contribution >= 4 is 6.09 Å². The molecule has 1 aliphatic carbocycles. The second-order valence-corrected chi connectivity index (χ2v) is 7.85. The van der Waals surface area contributed by atoms with E-state index in [0.29, 0.717) is 5.56 Å². The zero-order valence-corrected chi connectivity index (χ0v) is 15.6. The Kier molecular flexibility index (Phi) is 5.03. The molecule has 1 aliphatic rings. The molecule has 1 atom stereocenters. The van der Waals surface area contributed by atoms with E-state index in [2.05, 4.69) is 24.4 Å². The van der Waals surface area contributed by atoms with Crippen LogP contribution in [0, 0.1) is 11.2 Å². The Bertz CT molecular complexity index is 812. The average molecular weight is 355 g/mol. The molecule has 0 radical (unpaired) electrons. The fraction of sp³-hybridized carbons (Fsp3) is 0.409. The highest BCUT2D eigenvalue weighted by molar-refractivity contribution is 5.68. The van der Waals surface area contributed by atoms with Gasteiger partial charge >= 0.3 is 6.09 Å². The smallest absolute Gasteiger partial charge is 0.405 e. The second kappa shape index (κ2) is 7.10. The fourth-order valence-corrected chi connectivity index (χ4v) is 3.90. The van der Waals surface area contributed by atoms with Crippen LogP contribution in [-0.4, -0.2) is 11.2 Å². The minimum absolute atomic E-state index is 0.249. The lowest BCUT2D eigenvalue weighted by atomic mass is 9.70. The SMILES string of the molecule is CCCc1ccc(-c2cc3c(cc2F)[C@H](NC(=O)O)C(C)(C)CC3)cc1. The lowest BCUT2D eigenvalue weighted by Crippen LogP contribution is -2.40. The van der Waals surface area contributed by atoms with E-state index in [1.807, 2.05) is 32.0 Å². The van der Waals surface area contributed by atoms with Gasteiger partial charge in [0.25, 0.3) is 0 Å². The number of carbonyl (C=O) groups is 1. The molecule has 2 aromatic rings. The molecule has 1 amide bonds. The summed E-state index contributed by atoms with van der Waals surface area (Å²) >= 11 is 0. The van der Waals surface area contributed by atoms with Crippen LogP contribution in [0.3, 0.4) is 0 Å². The third-order valence-corrected chi connectivity index (χ3v) is 5.43. The maximum Gasteiger partial charge on any atom is 0.405 e. The number of carboxylic acid groups (broad SMARTS) is 1. The molecule has 0 bridgehead atoms. The van der Waals surface area contributed by atoms with Crippen molar-refractivity contribution in [2.45, 2.75) is 52.5 Å². The third kappa shape index (κ3) is 3.59. The van der Waals surface area contributed by atoms with Gasteiger partial charge in [-0.1, -0.05) is 51.5 Å². The fourth-order valence-electron chi connectivity index (χ4n) is 3.90. The van der Waals surface area contributed by atoms with Gasteiger partial charge in [-0.05, 0) is 59.1 Å². The van der Waals surface area contributed by atoms with Crippen LogP contribution in [0.25, 0.3) is 11.1 Å². The van der Waals surface area contributed by atoms with E-state index < -0.39 is 12.1 Å². The number of nitrogens with one attached hydrogen (secondary N) is 1. The first-order valence-electron chi connectivity index (χ1n) is 9.23. The first-order chi connectivity index (χ1) is 12.3. The topological polar surface area (TPSA) is 49.3 Å². The van der Waals surface area contributed by atoms with Crippen LogP contribution in [0.5, 0.6) is 0 Å². The molecule has 2 aromatic carbocycles. The zero-order chi connectivity index (χ0) is 18.9. The number of hydrogen-bond acceptors (Lipinski definition) is 1. The molecule has 2 N–H and O–H groups in total. The highest BCUT2D eigenvalue weighted by Crippen LogP contribution is 2.45. The van der Waals surface area contributed by atoms with Gasteiger partial charge in [-0.15, -0.1) is 0 Å². The maximum absolute atomic E-state index is 14.9. The van der Waals surface area contributed by atoms with Gasteiger partial charge in [0.15, 0.2) is 0 Å². The number of amides is 1. The van der Waals surface area contributed by atoms with Crippen LogP contribution in [-0.2, 0) is 12.8 Å². The second-order valence-electron chi connectivity index (χ2n) is 7.85. The summed E-state index contributed by atoms with van der Waals surface area (Å²) in [4.78, 5) is 11.2. The quantitative estimate of drug-likeness (QED) is 0.736. The molecular formula is C22H26FNO2. The predicted octanol–water partition coefficient (Wildman–Crippen LogP) is 5.73. The minimum Gasteiger partial charge on any atom is -0.465 e. The summed E-state index contributed by atoms with van der Waals surface area (Å²) in [6.07, 6.45) is 2.70. The molecule has 138 valence electrons. The van der Waals surface area contributed by atoms with E-state index in [-0.39, 0.29) is 11.2 Å². The molecule has 0 fully saturated rings. The molecule has 0 saturated heterocycles. The van der Waals surface area contributed by atoms with Gasteiger partial charge in [-0.25, -0.2) is 9.18 Å². The summed E-state index contributed by atoms with van der Waals surface area (Å²) in [7, 11) is 0. The molecule has 0 aliphatic heterocycles. The average Bonchev–Trinajstić information content (AvgIpc) is 2.58. The van der Waals surface area contributed by atoms with Crippen molar-refractivity contribution in [3.63, 3.8) is 0 Å². The van der Waals surface area contributed by atoms with Crippen molar-refractivity contribution in [2.75, 3.05) is 0 Å². The molecule has 0 spiro atoms. The van der Waals surface area contributed by atoms with Gasteiger partial charge in [0.05, 0.1) is 6.04 Å². The van der Waals surface area contributed by atoms with E-state index in [0.717, 1.165) is 42.4 Å². The van der Waals surface area contributed by atoms with Crippen LogP contribution >= 0.6 is 0 Å². The van der Waals surface area contributed by atoms with Crippen LogP contribution in [0.2, 0.25) is 0 Å². The summed E-state index contributed by atoms with van der Waals surface area (Å²) in [6, 6.07) is 11.0. The van der Waals surface area contributed by atoms with Crippen molar-refractivity contribution in [3.8, 4) is 11.1 Å². The van der Waals surface area contributed by atoms with E-state index in [4.69, 9.17) is 0 Å². The molecule has 0 unspecified atom stereocenters. The summed E-state index contributed by atoms with van der Waals surface area (Å²) in [6.45, 7) is 6.18. The van der Waals surface area contributed by atoms with Gasteiger partial charge in [-0.2, -0.15) is 0 Å². The minimum atomic E-state index is -1.08. The Morgan fingerprint density at radius 1 is 1.27 bits per heavy atom. The van der Waals surface area contributed by atoms with Crippen molar-refractivity contribution in [1.82, 2.24) is 5.32 Å². The molecule has 26 heavy (non-hydrogen) atoms. The molecule has 3 rings (SSSR count). The van der Waals surface area contributed by atoms with E-state index in [9.17, 15) is 14.3 Å². The number of halogens is 1. The first kappa shape index (κ1) is 18.4. The van der Waals surface area contributed by atoms with Gasteiger partial charge in [0, 0.05) is 5.56 Å². The number of benzene rings is 2. The number of aryl methyl sites for hydroxylation is 2. The standard InChI is InChI=1S/C22H26FNO2/c1-4-5-14-6-8-15(9-7-14)17-12-16-10-11-22(2,3)20(24-21(25)26)18(16)13-19(17)23/h6-9,12-13,20,24H,4-5,10-11H2,1-3H3,(H,25,26)/t20-/m0/s1. The van der Waals surface area contributed by atoms with Crippen LogP contribution in [0.4, 0.5) is 9.18 Å². The Balaban J connectivity index is 2.00. The Hall–Kier alpha value is -2.36. The highest BCUT2D eigenvalue weighted by Gasteiger charge is 2.37.